The highest BCUT2D eigenvalue weighted by atomic mass is 32.2. The third kappa shape index (κ3) is 6.03. The van der Waals surface area contributed by atoms with Crippen LogP contribution in [0.2, 0.25) is 0 Å². The van der Waals surface area contributed by atoms with Crippen molar-refractivity contribution < 1.29 is 19.1 Å². The molecule has 0 saturated carbocycles. The fourth-order valence-corrected chi connectivity index (χ4v) is 3.83. The van der Waals surface area contributed by atoms with E-state index in [1.807, 2.05) is 6.07 Å². The number of benzene rings is 2. The first-order chi connectivity index (χ1) is 13.3. The predicted molar refractivity (Wildman–Crippen MR) is 113 cm³/mol. The molecule has 0 heterocycles. The zero-order valence-electron chi connectivity index (χ0n) is 16.1. The van der Waals surface area contributed by atoms with E-state index >= 15 is 0 Å². The summed E-state index contributed by atoms with van der Waals surface area (Å²) >= 11 is 2.39. The average molecular weight is 419 g/mol. The molecular weight excluding hydrogens is 396 g/mol. The lowest BCUT2D eigenvalue weighted by molar-refractivity contribution is -0.139. The van der Waals surface area contributed by atoms with Crippen molar-refractivity contribution in [3.63, 3.8) is 0 Å². The molecule has 8 heteroatoms. The Kier molecular flexibility index (Phi) is 7.95. The van der Waals surface area contributed by atoms with Crippen LogP contribution < -0.4 is 5.32 Å². The normalized spacial score (nSPS) is 11.4. The Morgan fingerprint density at radius 1 is 1.04 bits per heavy atom. The van der Waals surface area contributed by atoms with Crippen molar-refractivity contribution in [2.75, 3.05) is 26.5 Å². The van der Waals surface area contributed by atoms with Gasteiger partial charge in [0, 0.05) is 29.6 Å². The molecule has 0 bridgehead atoms. The molecule has 2 amide bonds. The number of anilines is 1. The summed E-state index contributed by atoms with van der Waals surface area (Å²) < 4.78 is 4.74. The molecule has 1 unspecified atom stereocenters. The van der Waals surface area contributed by atoms with Gasteiger partial charge >= 0.3 is 5.97 Å². The van der Waals surface area contributed by atoms with Crippen molar-refractivity contribution in [2.24, 2.45) is 0 Å². The predicted octanol–water partition coefficient (Wildman–Crippen LogP) is 4.37. The molecule has 0 aliphatic heterocycles. The van der Waals surface area contributed by atoms with E-state index in [9.17, 15) is 14.4 Å². The largest absolute Gasteiger partial charge is 0.468 e. The smallest absolute Gasteiger partial charge is 0.318 e. The lowest BCUT2D eigenvalue weighted by Crippen LogP contribution is -2.17. The highest BCUT2D eigenvalue weighted by Crippen LogP contribution is 2.28. The molecule has 0 saturated heterocycles. The minimum atomic E-state index is -0.426. The lowest BCUT2D eigenvalue weighted by atomic mass is 10.2. The molecule has 0 fully saturated rings. The van der Waals surface area contributed by atoms with Crippen molar-refractivity contribution in [1.82, 2.24) is 4.90 Å². The van der Waals surface area contributed by atoms with Crippen LogP contribution in [0.3, 0.4) is 0 Å². The van der Waals surface area contributed by atoms with Gasteiger partial charge in [-0.3, -0.25) is 14.4 Å². The Hall–Kier alpha value is -2.45. The number of carbonyl (C=O) groups is 3. The molecule has 0 spiro atoms. The summed E-state index contributed by atoms with van der Waals surface area (Å²) in [4.78, 5) is 39.1. The molecule has 2 rings (SSSR count). The van der Waals surface area contributed by atoms with Crippen LogP contribution in [0.4, 0.5) is 10.5 Å². The van der Waals surface area contributed by atoms with Crippen LogP contribution in [0.15, 0.2) is 58.3 Å². The number of nitrogens with zero attached hydrogens (tertiary/aromatic N) is 1. The standard InChI is InChI=1S/C20H22N2O4S2/c1-13(19(24)26-4)27-17-8-6-5-7-16(17)18(23)21-14-9-11-15(12-10-14)28-20(25)22(2)3/h5-13H,1-4H3,(H,21,23). The first-order valence-electron chi connectivity index (χ1n) is 8.46. The quantitative estimate of drug-likeness (QED) is 0.555. The van der Waals surface area contributed by atoms with Gasteiger partial charge in [0.2, 0.25) is 0 Å². The summed E-state index contributed by atoms with van der Waals surface area (Å²) in [5.41, 5.74) is 1.09. The van der Waals surface area contributed by atoms with Gasteiger partial charge in [0.15, 0.2) is 0 Å². The van der Waals surface area contributed by atoms with Crippen LogP contribution in [0, 0.1) is 0 Å². The molecule has 2 aromatic rings. The fourth-order valence-electron chi connectivity index (χ4n) is 2.16. The number of amides is 2. The zero-order valence-corrected chi connectivity index (χ0v) is 17.7. The Labute approximate surface area is 173 Å². The van der Waals surface area contributed by atoms with Crippen molar-refractivity contribution in [2.45, 2.75) is 22.0 Å². The molecular formula is C20H22N2O4S2. The number of rotatable bonds is 6. The maximum Gasteiger partial charge on any atom is 0.318 e. The minimum absolute atomic E-state index is 0.0672. The van der Waals surface area contributed by atoms with Gasteiger partial charge in [-0.05, 0) is 55.1 Å². The van der Waals surface area contributed by atoms with Crippen LogP contribution in [-0.4, -0.2) is 48.5 Å². The molecule has 2 aromatic carbocycles. The van der Waals surface area contributed by atoms with E-state index in [1.54, 1.807) is 63.5 Å². The first kappa shape index (κ1) is 21.8. The molecule has 0 aliphatic carbocycles. The summed E-state index contributed by atoms with van der Waals surface area (Å²) in [6.45, 7) is 1.73. The van der Waals surface area contributed by atoms with Crippen LogP contribution in [0.1, 0.15) is 17.3 Å². The second-order valence-electron chi connectivity index (χ2n) is 6.02. The number of hydrogen-bond donors (Lipinski definition) is 1. The van der Waals surface area contributed by atoms with Crippen LogP contribution in [0.5, 0.6) is 0 Å². The van der Waals surface area contributed by atoms with Gasteiger partial charge in [-0.15, -0.1) is 11.8 Å². The van der Waals surface area contributed by atoms with Gasteiger partial charge in [0.25, 0.3) is 11.1 Å². The minimum Gasteiger partial charge on any atom is -0.468 e. The molecule has 0 aromatic heterocycles. The number of nitrogens with one attached hydrogen (secondary N) is 1. The number of esters is 1. The van der Waals surface area contributed by atoms with Crippen LogP contribution in [-0.2, 0) is 9.53 Å². The van der Waals surface area contributed by atoms with Crippen molar-refractivity contribution in [3.05, 3.63) is 54.1 Å². The lowest BCUT2D eigenvalue weighted by Gasteiger charge is -2.13. The number of ether oxygens (including phenoxy) is 1. The van der Waals surface area contributed by atoms with Crippen molar-refractivity contribution in [3.8, 4) is 0 Å². The van der Waals surface area contributed by atoms with E-state index in [1.165, 1.54) is 23.8 Å². The average Bonchev–Trinajstić information content (AvgIpc) is 2.68. The molecule has 148 valence electrons. The number of hydrogen-bond acceptors (Lipinski definition) is 6. The fraction of sp³-hybridized carbons (Fsp3) is 0.250. The SMILES string of the molecule is COC(=O)C(C)Sc1ccccc1C(=O)Nc1ccc(SC(=O)N(C)C)cc1. The van der Waals surface area contributed by atoms with Gasteiger partial charge in [-0.1, -0.05) is 12.1 Å². The molecule has 28 heavy (non-hydrogen) atoms. The van der Waals surface area contributed by atoms with E-state index in [0.29, 0.717) is 16.1 Å². The highest BCUT2D eigenvalue weighted by Gasteiger charge is 2.19. The maximum atomic E-state index is 12.7. The molecule has 0 radical (unpaired) electrons. The Morgan fingerprint density at radius 2 is 1.68 bits per heavy atom. The molecule has 0 aliphatic rings. The molecule has 1 N–H and O–H groups in total. The summed E-state index contributed by atoms with van der Waals surface area (Å²) in [5.74, 6) is -0.620. The van der Waals surface area contributed by atoms with Crippen LogP contribution >= 0.6 is 23.5 Å². The Morgan fingerprint density at radius 3 is 2.29 bits per heavy atom. The summed E-state index contributed by atoms with van der Waals surface area (Å²) in [6.07, 6.45) is 0. The maximum absolute atomic E-state index is 12.7. The van der Waals surface area contributed by atoms with E-state index in [0.717, 1.165) is 16.7 Å². The van der Waals surface area contributed by atoms with Gasteiger partial charge in [-0.2, -0.15) is 0 Å². The zero-order chi connectivity index (χ0) is 20.7. The van der Waals surface area contributed by atoms with Gasteiger partial charge in [0.05, 0.1) is 12.7 Å². The van der Waals surface area contributed by atoms with Gasteiger partial charge in [-0.25, -0.2) is 0 Å². The highest BCUT2D eigenvalue weighted by molar-refractivity contribution is 8.13. The third-order valence-electron chi connectivity index (χ3n) is 3.65. The molecule has 6 nitrogen and oxygen atoms in total. The van der Waals surface area contributed by atoms with Gasteiger partial charge in [0.1, 0.15) is 5.25 Å². The third-order valence-corrected chi connectivity index (χ3v) is 5.85. The van der Waals surface area contributed by atoms with Crippen molar-refractivity contribution >= 4 is 46.3 Å². The Balaban J connectivity index is 2.09. The van der Waals surface area contributed by atoms with E-state index in [4.69, 9.17) is 4.74 Å². The van der Waals surface area contributed by atoms with E-state index in [-0.39, 0.29) is 17.1 Å². The summed E-state index contributed by atoms with van der Waals surface area (Å²) in [7, 11) is 4.73. The first-order valence-corrected chi connectivity index (χ1v) is 10.2. The second kappa shape index (κ2) is 10.2. The monoisotopic (exact) mass is 418 g/mol. The summed E-state index contributed by atoms with van der Waals surface area (Å²) in [5, 5.41) is 2.35. The van der Waals surface area contributed by atoms with Crippen molar-refractivity contribution in [1.29, 1.82) is 0 Å². The summed E-state index contributed by atoms with van der Waals surface area (Å²) in [6, 6.07) is 14.1. The number of carbonyl (C=O) groups excluding carboxylic acids is 3. The Bertz CT molecular complexity index is 854. The topological polar surface area (TPSA) is 75.7 Å². The van der Waals surface area contributed by atoms with E-state index in [2.05, 4.69) is 5.32 Å². The number of thioether (sulfide) groups is 2. The number of methoxy groups -OCH3 is 1. The molecule has 1 atom stereocenters. The van der Waals surface area contributed by atoms with Gasteiger partial charge < -0.3 is 15.0 Å². The van der Waals surface area contributed by atoms with E-state index < -0.39 is 5.25 Å². The second-order valence-corrected chi connectivity index (χ2v) is 8.43. The van der Waals surface area contributed by atoms with Crippen LogP contribution in [0.25, 0.3) is 0 Å².